The molecule has 2 amide bonds. The van der Waals surface area contributed by atoms with Crippen molar-refractivity contribution >= 4 is 27.5 Å². The van der Waals surface area contributed by atoms with Crippen LogP contribution in [0.4, 0.5) is 10.1 Å². The van der Waals surface area contributed by atoms with Crippen LogP contribution in [0.2, 0.25) is 0 Å². The van der Waals surface area contributed by atoms with E-state index >= 15 is 0 Å². The predicted molar refractivity (Wildman–Crippen MR) is 120 cm³/mol. The Hall–Kier alpha value is -2.98. The zero-order valence-corrected chi connectivity index (χ0v) is 19.2. The molecule has 176 valence electrons. The molecule has 0 bridgehead atoms. The Balaban J connectivity index is 1.40. The number of halogens is 1. The molecule has 2 N–H and O–H groups in total. The molecule has 2 heterocycles. The van der Waals surface area contributed by atoms with Gasteiger partial charge in [-0.1, -0.05) is 12.1 Å². The van der Waals surface area contributed by atoms with Crippen molar-refractivity contribution in [3.8, 4) is 5.75 Å². The Morgan fingerprint density at radius 3 is 2.55 bits per heavy atom. The molecule has 2 aliphatic heterocycles. The number of piperidine rings is 1. The summed E-state index contributed by atoms with van der Waals surface area (Å²) >= 11 is 0. The summed E-state index contributed by atoms with van der Waals surface area (Å²) in [5, 5.41) is 5.56. The normalized spacial score (nSPS) is 19.4. The highest BCUT2D eigenvalue weighted by Gasteiger charge is 2.34. The number of ether oxygens (including phenoxy) is 1. The van der Waals surface area contributed by atoms with E-state index in [9.17, 15) is 22.4 Å². The highest BCUT2D eigenvalue weighted by molar-refractivity contribution is 7.89. The first-order chi connectivity index (χ1) is 15.6. The van der Waals surface area contributed by atoms with Gasteiger partial charge in [-0.2, -0.15) is 4.31 Å². The molecule has 1 atom stereocenters. The fourth-order valence-corrected chi connectivity index (χ4v) is 5.75. The number of sulfonamides is 1. The summed E-state index contributed by atoms with van der Waals surface area (Å²) in [5.74, 6) is -0.724. The Labute approximate surface area is 192 Å². The molecule has 1 fully saturated rings. The SMILES string of the molecule is Cc1cc2c(cc1S(=O)(=O)N1CCC(C(=O)NCc3ccc(F)cc3)CC1)O[C@@H](C)C(=O)N2. The van der Waals surface area contributed by atoms with Gasteiger partial charge in [-0.3, -0.25) is 9.59 Å². The number of amides is 2. The van der Waals surface area contributed by atoms with Gasteiger partial charge in [0.1, 0.15) is 11.6 Å². The summed E-state index contributed by atoms with van der Waals surface area (Å²) < 4.78 is 46.6. The van der Waals surface area contributed by atoms with Crippen LogP contribution in [0.3, 0.4) is 0 Å². The number of rotatable bonds is 5. The fraction of sp³-hybridized carbons (Fsp3) is 0.391. The smallest absolute Gasteiger partial charge is 0.265 e. The largest absolute Gasteiger partial charge is 0.479 e. The molecule has 0 unspecified atom stereocenters. The van der Waals surface area contributed by atoms with Gasteiger partial charge in [-0.15, -0.1) is 0 Å². The number of hydrogen-bond donors (Lipinski definition) is 2. The van der Waals surface area contributed by atoms with E-state index in [4.69, 9.17) is 4.74 Å². The van der Waals surface area contributed by atoms with Crippen LogP contribution in [0, 0.1) is 18.7 Å². The summed E-state index contributed by atoms with van der Waals surface area (Å²) in [7, 11) is -3.79. The van der Waals surface area contributed by atoms with E-state index < -0.39 is 16.1 Å². The topological polar surface area (TPSA) is 105 Å². The van der Waals surface area contributed by atoms with Gasteiger partial charge in [-0.25, -0.2) is 12.8 Å². The maximum absolute atomic E-state index is 13.3. The molecule has 0 aromatic heterocycles. The van der Waals surface area contributed by atoms with Gasteiger partial charge in [-0.05, 0) is 56.0 Å². The number of benzene rings is 2. The van der Waals surface area contributed by atoms with Gasteiger partial charge >= 0.3 is 0 Å². The zero-order chi connectivity index (χ0) is 23.8. The van der Waals surface area contributed by atoms with Crippen LogP contribution in [0.15, 0.2) is 41.3 Å². The molecule has 33 heavy (non-hydrogen) atoms. The molecule has 1 saturated heterocycles. The van der Waals surface area contributed by atoms with Crippen molar-refractivity contribution in [1.29, 1.82) is 0 Å². The van der Waals surface area contributed by atoms with Gasteiger partial charge in [0.05, 0.1) is 10.6 Å². The third kappa shape index (κ3) is 4.86. The van der Waals surface area contributed by atoms with Crippen molar-refractivity contribution in [2.24, 2.45) is 5.92 Å². The molecule has 0 radical (unpaired) electrons. The second-order valence-corrected chi connectivity index (χ2v) is 10.3. The first-order valence-corrected chi connectivity index (χ1v) is 12.2. The van der Waals surface area contributed by atoms with Gasteiger partial charge in [0, 0.05) is 31.6 Å². The van der Waals surface area contributed by atoms with E-state index in [1.54, 1.807) is 32.0 Å². The van der Waals surface area contributed by atoms with Gasteiger partial charge in [0.15, 0.2) is 6.10 Å². The third-order valence-corrected chi connectivity index (χ3v) is 8.07. The van der Waals surface area contributed by atoms with Crippen LogP contribution in [0.25, 0.3) is 0 Å². The molecule has 4 rings (SSSR count). The Bertz CT molecular complexity index is 1180. The molecule has 2 aromatic rings. The Kier molecular flexibility index (Phi) is 6.40. The minimum atomic E-state index is -3.79. The number of hydrogen-bond acceptors (Lipinski definition) is 5. The average Bonchev–Trinajstić information content (AvgIpc) is 2.79. The highest BCUT2D eigenvalue weighted by atomic mass is 32.2. The number of fused-ring (bicyclic) bond motifs is 1. The first kappa shape index (κ1) is 23.2. The van der Waals surface area contributed by atoms with Crippen molar-refractivity contribution in [3.05, 3.63) is 53.3 Å². The maximum Gasteiger partial charge on any atom is 0.265 e. The lowest BCUT2D eigenvalue weighted by Gasteiger charge is -2.31. The fourth-order valence-electron chi connectivity index (χ4n) is 4.05. The van der Waals surface area contributed by atoms with Crippen molar-refractivity contribution in [2.75, 3.05) is 18.4 Å². The minimum absolute atomic E-state index is 0.129. The predicted octanol–water partition coefficient (Wildman–Crippen LogP) is 2.57. The minimum Gasteiger partial charge on any atom is -0.479 e. The third-order valence-electron chi connectivity index (χ3n) is 6.03. The van der Waals surface area contributed by atoms with E-state index in [-0.39, 0.29) is 41.5 Å². The van der Waals surface area contributed by atoms with E-state index in [2.05, 4.69) is 10.6 Å². The number of anilines is 1. The summed E-state index contributed by atoms with van der Waals surface area (Å²) in [4.78, 5) is 24.5. The lowest BCUT2D eigenvalue weighted by molar-refractivity contribution is -0.126. The number of nitrogens with zero attached hydrogens (tertiary/aromatic N) is 1. The molecule has 0 spiro atoms. The second kappa shape index (κ2) is 9.11. The lowest BCUT2D eigenvalue weighted by Crippen LogP contribution is -2.43. The van der Waals surface area contributed by atoms with Crippen LogP contribution in [-0.2, 0) is 26.2 Å². The average molecular weight is 476 g/mol. The molecule has 2 aliphatic rings. The molecule has 0 saturated carbocycles. The Morgan fingerprint density at radius 1 is 1.21 bits per heavy atom. The summed E-state index contributed by atoms with van der Waals surface area (Å²) in [6.07, 6.45) is 0.101. The van der Waals surface area contributed by atoms with Crippen LogP contribution in [0.1, 0.15) is 30.9 Å². The Morgan fingerprint density at radius 2 is 1.88 bits per heavy atom. The van der Waals surface area contributed by atoms with Crippen LogP contribution in [0.5, 0.6) is 5.75 Å². The maximum atomic E-state index is 13.3. The molecule has 2 aromatic carbocycles. The lowest BCUT2D eigenvalue weighted by atomic mass is 9.97. The van der Waals surface area contributed by atoms with Gasteiger partial charge in [0.2, 0.25) is 15.9 Å². The standard InChI is InChI=1S/C23H26FN3O5S/c1-14-11-19-20(32-15(2)22(28)26-19)12-21(14)33(30,31)27-9-7-17(8-10-27)23(29)25-13-16-3-5-18(24)6-4-16/h3-6,11-12,15,17H,7-10,13H2,1-2H3,(H,25,29)(H,26,28)/t15-/m0/s1. The van der Waals surface area contributed by atoms with Crippen molar-refractivity contribution in [2.45, 2.75) is 44.2 Å². The van der Waals surface area contributed by atoms with Gasteiger partial charge in [0.25, 0.3) is 5.91 Å². The second-order valence-electron chi connectivity index (χ2n) is 8.39. The summed E-state index contributed by atoms with van der Waals surface area (Å²) in [5.41, 5.74) is 1.75. The van der Waals surface area contributed by atoms with Crippen molar-refractivity contribution in [1.82, 2.24) is 9.62 Å². The summed E-state index contributed by atoms with van der Waals surface area (Å²) in [6, 6.07) is 8.96. The van der Waals surface area contributed by atoms with Crippen LogP contribution < -0.4 is 15.4 Å². The molecule has 8 nitrogen and oxygen atoms in total. The molecule has 10 heteroatoms. The zero-order valence-electron chi connectivity index (χ0n) is 18.4. The van der Waals surface area contributed by atoms with Crippen molar-refractivity contribution < 1.29 is 27.1 Å². The molecule has 0 aliphatic carbocycles. The monoisotopic (exact) mass is 475 g/mol. The number of carbonyl (C=O) groups is 2. The first-order valence-electron chi connectivity index (χ1n) is 10.8. The van der Waals surface area contributed by atoms with Crippen molar-refractivity contribution in [3.63, 3.8) is 0 Å². The highest BCUT2D eigenvalue weighted by Crippen LogP contribution is 2.36. The quantitative estimate of drug-likeness (QED) is 0.692. The van der Waals surface area contributed by atoms with E-state index in [0.717, 1.165) is 5.56 Å². The van der Waals surface area contributed by atoms with E-state index in [1.165, 1.54) is 22.5 Å². The number of aryl methyl sites for hydroxylation is 1. The van der Waals surface area contributed by atoms with Crippen LogP contribution in [-0.4, -0.2) is 43.7 Å². The molecular weight excluding hydrogens is 449 g/mol. The van der Waals surface area contributed by atoms with Gasteiger partial charge < -0.3 is 15.4 Å². The summed E-state index contributed by atoms with van der Waals surface area (Å²) in [6.45, 7) is 4.01. The number of nitrogens with one attached hydrogen (secondary N) is 2. The number of carbonyl (C=O) groups excluding carboxylic acids is 2. The molecular formula is C23H26FN3O5S. The van der Waals surface area contributed by atoms with E-state index in [1.807, 2.05) is 0 Å². The van der Waals surface area contributed by atoms with E-state index in [0.29, 0.717) is 36.4 Å². The van der Waals surface area contributed by atoms with Crippen LogP contribution >= 0.6 is 0 Å².